The third-order valence-electron chi connectivity index (χ3n) is 8.21. The Morgan fingerprint density at radius 2 is 1.97 bits per heavy atom. The van der Waals surface area contributed by atoms with Crippen molar-refractivity contribution >= 4 is 21.9 Å². The lowest BCUT2D eigenvalue weighted by molar-refractivity contribution is -0.161. The normalized spacial score (nSPS) is 25.4. The highest BCUT2D eigenvalue weighted by atomic mass is 79.9. The molecule has 0 spiro atoms. The predicted molar refractivity (Wildman–Crippen MR) is 137 cm³/mol. The second kappa shape index (κ2) is 9.41. The molecular formula is C28H32BrN3O3. The van der Waals surface area contributed by atoms with Gasteiger partial charge in [-0.15, -0.1) is 5.10 Å². The summed E-state index contributed by atoms with van der Waals surface area (Å²) in [6.45, 7) is 5.45. The first kappa shape index (κ1) is 24.0. The van der Waals surface area contributed by atoms with Gasteiger partial charge in [0.2, 0.25) is 0 Å². The zero-order chi connectivity index (χ0) is 24.6. The summed E-state index contributed by atoms with van der Waals surface area (Å²) < 4.78 is 14.3. The van der Waals surface area contributed by atoms with Crippen molar-refractivity contribution in [3.05, 3.63) is 75.5 Å². The first-order valence-electron chi connectivity index (χ1n) is 12.3. The minimum atomic E-state index is -0.441. The van der Waals surface area contributed by atoms with Gasteiger partial charge in [-0.2, -0.15) is 0 Å². The molecule has 2 aliphatic rings. The molecule has 0 unspecified atom stereocenters. The Balaban J connectivity index is 1.31. The van der Waals surface area contributed by atoms with E-state index in [0.717, 1.165) is 53.6 Å². The molecule has 0 amide bonds. The van der Waals surface area contributed by atoms with Gasteiger partial charge in [-0.1, -0.05) is 52.7 Å². The molecule has 3 atom stereocenters. The number of hydrogen-bond acceptors (Lipinski definition) is 5. The molecule has 1 aromatic heterocycles. The van der Waals surface area contributed by atoms with Gasteiger partial charge in [-0.05, 0) is 84.9 Å². The molecule has 0 radical (unpaired) electrons. The van der Waals surface area contributed by atoms with E-state index in [1.165, 1.54) is 18.2 Å². The number of aryl methyl sites for hydroxylation is 1. The van der Waals surface area contributed by atoms with E-state index in [0.29, 0.717) is 13.2 Å². The van der Waals surface area contributed by atoms with E-state index in [1.807, 2.05) is 23.0 Å². The van der Waals surface area contributed by atoms with Gasteiger partial charge >= 0.3 is 5.97 Å². The largest absolute Gasteiger partial charge is 0.487 e. The SMILES string of the molecule is COC(=O)[C@@]1(C)CCC[C@]2(C)c3cc(OCc4cn(Cc5ccc(Br)cc5)nn4)ccc3CC[C@@H]12. The fourth-order valence-electron chi connectivity index (χ4n) is 6.42. The zero-order valence-electron chi connectivity index (χ0n) is 20.6. The lowest BCUT2D eigenvalue weighted by Crippen LogP contribution is -2.52. The molecule has 2 aliphatic carbocycles. The fraction of sp³-hybridized carbons (Fsp3) is 0.464. The van der Waals surface area contributed by atoms with Crippen LogP contribution in [0.25, 0.3) is 0 Å². The number of esters is 1. The smallest absolute Gasteiger partial charge is 0.311 e. The Morgan fingerprint density at radius 3 is 2.74 bits per heavy atom. The van der Waals surface area contributed by atoms with Gasteiger partial charge in [0.25, 0.3) is 0 Å². The summed E-state index contributed by atoms with van der Waals surface area (Å²) in [7, 11) is 1.51. The number of fused-ring (bicyclic) bond motifs is 3. The summed E-state index contributed by atoms with van der Waals surface area (Å²) in [6.07, 6.45) is 6.90. The van der Waals surface area contributed by atoms with Crippen LogP contribution in [-0.4, -0.2) is 28.1 Å². The number of methoxy groups -OCH3 is 1. The molecule has 1 fully saturated rings. The van der Waals surface area contributed by atoms with Crippen LogP contribution in [0.1, 0.15) is 61.9 Å². The summed E-state index contributed by atoms with van der Waals surface area (Å²) in [5, 5.41) is 8.54. The predicted octanol–water partition coefficient (Wildman–Crippen LogP) is 5.85. The second-order valence-electron chi connectivity index (χ2n) is 10.4. The van der Waals surface area contributed by atoms with Crippen LogP contribution in [0.4, 0.5) is 0 Å². The van der Waals surface area contributed by atoms with Crippen molar-refractivity contribution in [1.29, 1.82) is 0 Å². The number of benzene rings is 2. The first-order chi connectivity index (χ1) is 16.8. The molecular weight excluding hydrogens is 506 g/mol. The van der Waals surface area contributed by atoms with Crippen LogP contribution in [0, 0.1) is 11.3 Å². The maximum Gasteiger partial charge on any atom is 0.311 e. The van der Waals surface area contributed by atoms with Crippen molar-refractivity contribution in [2.45, 2.75) is 64.5 Å². The summed E-state index contributed by atoms with van der Waals surface area (Å²) in [5.74, 6) is 1.02. The number of nitrogens with zero attached hydrogens (tertiary/aromatic N) is 3. The minimum absolute atomic E-state index is 0.0675. The van der Waals surface area contributed by atoms with Crippen LogP contribution < -0.4 is 4.74 Å². The number of aromatic nitrogens is 3. The molecule has 1 heterocycles. The number of hydrogen-bond donors (Lipinski definition) is 0. The van der Waals surface area contributed by atoms with Crippen molar-refractivity contribution < 1.29 is 14.3 Å². The Bertz CT molecular complexity index is 1220. The maximum absolute atomic E-state index is 12.8. The molecule has 0 saturated heterocycles. The van der Waals surface area contributed by atoms with Crippen LogP contribution >= 0.6 is 15.9 Å². The Kier molecular flexibility index (Phi) is 6.47. The van der Waals surface area contributed by atoms with Crippen LogP contribution in [0.2, 0.25) is 0 Å². The average molecular weight is 538 g/mol. The highest BCUT2D eigenvalue weighted by Gasteiger charge is 2.55. The van der Waals surface area contributed by atoms with Crippen molar-refractivity contribution in [3.63, 3.8) is 0 Å². The molecule has 6 nitrogen and oxygen atoms in total. The van der Waals surface area contributed by atoms with E-state index in [-0.39, 0.29) is 17.3 Å². The molecule has 0 bridgehead atoms. The lowest BCUT2D eigenvalue weighted by atomic mass is 9.50. The van der Waals surface area contributed by atoms with E-state index in [4.69, 9.17) is 9.47 Å². The van der Waals surface area contributed by atoms with Gasteiger partial charge in [0.05, 0.1) is 25.3 Å². The third kappa shape index (κ3) is 4.51. The van der Waals surface area contributed by atoms with Crippen molar-refractivity contribution in [2.75, 3.05) is 7.11 Å². The van der Waals surface area contributed by atoms with Gasteiger partial charge < -0.3 is 9.47 Å². The van der Waals surface area contributed by atoms with Gasteiger partial charge in [0.15, 0.2) is 0 Å². The number of carbonyl (C=O) groups excluding carboxylic acids is 1. The number of carbonyl (C=O) groups is 1. The first-order valence-corrected chi connectivity index (χ1v) is 13.1. The Hall–Kier alpha value is -2.67. The Labute approximate surface area is 215 Å². The molecule has 184 valence electrons. The summed E-state index contributed by atoms with van der Waals surface area (Å²) >= 11 is 3.47. The standard InChI is InChI=1S/C28H32BrN3O3/c1-27-13-4-14-28(2,26(33)34-3)25(27)12-8-20-7-11-23(15-24(20)27)35-18-22-17-32(31-30-22)16-19-5-9-21(29)10-6-19/h5-7,9-11,15,17,25H,4,8,12-14,16,18H2,1-3H3/t25-,27-,28+/m1/s1. The second-order valence-corrected chi connectivity index (χ2v) is 11.3. The van der Waals surface area contributed by atoms with Crippen molar-refractivity contribution in [1.82, 2.24) is 15.0 Å². The average Bonchev–Trinajstić information content (AvgIpc) is 3.31. The van der Waals surface area contributed by atoms with E-state index < -0.39 is 5.41 Å². The van der Waals surface area contributed by atoms with Crippen LogP contribution in [-0.2, 0) is 34.5 Å². The fourth-order valence-corrected chi connectivity index (χ4v) is 6.69. The van der Waals surface area contributed by atoms with E-state index in [1.54, 1.807) is 0 Å². The summed E-state index contributed by atoms with van der Waals surface area (Å²) in [6, 6.07) is 14.6. The van der Waals surface area contributed by atoms with E-state index in [9.17, 15) is 4.79 Å². The number of ether oxygens (including phenoxy) is 2. The molecule has 5 rings (SSSR count). The van der Waals surface area contributed by atoms with E-state index in [2.05, 4.69) is 70.4 Å². The Morgan fingerprint density at radius 1 is 1.17 bits per heavy atom. The molecule has 7 heteroatoms. The summed E-state index contributed by atoms with van der Waals surface area (Å²) in [4.78, 5) is 12.8. The van der Waals surface area contributed by atoms with Crippen molar-refractivity contribution in [2.24, 2.45) is 11.3 Å². The molecule has 3 aromatic rings. The number of rotatable bonds is 6. The van der Waals surface area contributed by atoms with Gasteiger partial charge in [-0.25, -0.2) is 4.68 Å². The van der Waals surface area contributed by atoms with Crippen LogP contribution in [0.15, 0.2) is 53.1 Å². The monoisotopic (exact) mass is 537 g/mol. The highest BCUT2D eigenvalue weighted by Crippen LogP contribution is 2.58. The quantitative estimate of drug-likeness (QED) is 0.369. The topological polar surface area (TPSA) is 66.2 Å². The van der Waals surface area contributed by atoms with Gasteiger partial charge in [0, 0.05) is 4.47 Å². The zero-order valence-corrected chi connectivity index (χ0v) is 22.2. The number of halogens is 1. The molecule has 2 aromatic carbocycles. The lowest BCUT2D eigenvalue weighted by Gasteiger charge is -2.54. The van der Waals surface area contributed by atoms with Gasteiger partial charge in [-0.3, -0.25) is 4.79 Å². The maximum atomic E-state index is 12.8. The molecule has 35 heavy (non-hydrogen) atoms. The van der Waals surface area contributed by atoms with Crippen LogP contribution in [0.3, 0.4) is 0 Å². The third-order valence-corrected chi connectivity index (χ3v) is 8.74. The van der Waals surface area contributed by atoms with E-state index >= 15 is 0 Å². The molecule has 0 aliphatic heterocycles. The molecule has 1 saturated carbocycles. The minimum Gasteiger partial charge on any atom is -0.487 e. The van der Waals surface area contributed by atoms with Crippen molar-refractivity contribution in [3.8, 4) is 5.75 Å². The van der Waals surface area contributed by atoms with Gasteiger partial charge in [0.1, 0.15) is 18.1 Å². The summed E-state index contributed by atoms with van der Waals surface area (Å²) in [5.41, 5.74) is 4.13. The van der Waals surface area contributed by atoms with Crippen LogP contribution in [0.5, 0.6) is 5.75 Å². The molecule has 0 N–H and O–H groups in total. The highest BCUT2D eigenvalue weighted by molar-refractivity contribution is 9.10.